The molecule has 0 spiro atoms. The van der Waals surface area contributed by atoms with Crippen molar-refractivity contribution in [1.29, 1.82) is 0 Å². The van der Waals surface area contributed by atoms with E-state index in [-0.39, 0.29) is 21.8 Å². The summed E-state index contributed by atoms with van der Waals surface area (Å²) < 4.78 is 25.3. The lowest BCUT2D eigenvalue weighted by atomic mass is 9.96. The van der Waals surface area contributed by atoms with Crippen LogP contribution in [0.25, 0.3) is 0 Å². The normalized spacial score (nSPS) is 18.1. The SMILES string of the molecule is CN1C(=O)C(C(=O)Nc2ccc([N+](=O)[O-])cc2)c2ccccc2S1(=O)=O. The third-order valence-corrected chi connectivity index (χ3v) is 5.86. The first kappa shape index (κ1) is 17.5. The molecule has 1 unspecified atom stereocenters. The van der Waals surface area contributed by atoms with Gasteiger partial charge in [0.1, 0.15) is 5.92 Å². The lowest BCUT2D eigenvalue weighted by molar-refractivity contribution is -0.384. The van der Waals surface area contributed by atoms with Crippen LogP contribution < -0.4 is 5.32 Å². The molecule has 0 fully saturated rings. The van der Waals surface area contributed by atoms with Crippen LogP contribution in [-0.4, -0.2) is 36.5 Å². The molecule has 2 aromatic rings. The maximum atomic E-state index is 12.6. The Balaban J connectivity index is 1.96. The number of rotatable bonds is 3. The summed E-state index contributed by atoms with van der Waals surface area (Å²) >= 11 is 0. The van der Waals surface area contributed by atoms with Gasteiger partial charge in [-0.05, 0) is 23.8 Å². The first-order valence-electron chi connectivity index (χ1n) is 7.40. The van der Waals surface area contributed by atoms with Gasteiger partial charge >= 0.3 is 0 Å². The molecule has 0 radical (unpaired) electrons. The van der Waals surface area contributed by atoms with Crippen LogP contribution in [0.15, 0.2) is 53.4 Å². The fraction of sp³-hybridized carbons (Fsp3) is 0.125. The van der Waals surface area contributed by atoms with Gasteiger partial charge in [-0.3, -0.25) is 19.7 Å². The predicted molar refractivity (Wildman–Crippen MR) is 90.9 cm³/mol. The molecule has 10 heteroatoms. The number of nitro groups is 1. The zero-order valence-corrected chi connectivity index (χ0v) is 14.3. The average molecular weight is 375 g/mol. The quantitative estimate of drug-likeness (QED) is 0.492. The number of anilines is 1. The van der Waals surface area contributed by atoms with Crippen molar-refractivity contribution in [2.75, 3.05) is 12.4 Å². The van der Waals surface area contributed by atoms with E-state index in [1.165, 1.54) is 42.5 Å². The van der Waals surface area contributed by atoms with Gasteiger partial charge in [0.25, 0.3) is 21.6 Å². The maximum Gasteiger partial charge on any atom is 0.269 e. The molecule has 0 saturated carbocycles. The number of nitrogens with one attached hydrogen (secondary N) is 1. The van der Waals surface area contributed by atoms with Gasteiger partial charge in [0, 0.05) is 24.9 Å². The molecule has 9 nitrogen and oxygen atoms in total. The summed E-state index contributed by atoms with van der Waals surface area (Å²) in [5.41, 5.74) is 0.199. The molecule has 0 aromatic heterocycles. The Morgan fingerprint density at radius 3 is 2.38 bits per heavy atom. The topological polar surface area (TPSA) is 127 Å². The number of benzene rings is 2. The molecule has 2 aromatic carbocycles. The standard InChI is InChI=1S/C16H13N3O6S/c1-18-16(21)14(12-4-2-3-5-13(12)26(18,24)25)15(20)17-10-6-8-11(9-7-10)19(22)23/h2-9,14H,1H3,(H,17,20). The number of fused-ring (bicyclic) bond motifs is 1. The van der Waals surface area contributed by atoms with E-state index in [0.29, 0.717) is 4.31 Å². The summed E-state index contributed by atoms with van der Waals surface area (Å²) in [6.45, 7) is 0. The van der Waals surface area contributed by atoms with Gasteiger partial charge < -0.3 is 5.32 Å². The number of amides is 2. The van der Waals surface area contributed by atoms with Crippen molar-refractivity contribution in [3.8, 4) is 0 Å². The lowest BCUT2D eigenvalue weighted by Crippen LogP contribution is -2.45. The largest absolute Gasteiger partial charge is 0.325 e. The van der Waals surface area contributed by atoms with Crippen molar-refractivity contribution >= 4 is 33.2 Å². The van der Waals surface area contributed by atoms with Crippen LogP contribution in [0.1, 0.15) is 11.5 Å². The van der Waals surface area contributed by atoms with Gasteiger partial charge in [-0.25, -0.2) is 12.7 Å². The average Bonchev–Trinajstić information content (AvgIpc) is 2.61. The van der Waals surface area contributed by atoms with Crippen LogP contribution >= 0.6 is 0 Å². The number of hydrogen-bond acceptors (Lipinski definition) is 6. The first-order chi connectivity index (χ1) is 12.2. The Kier molecular flexibility index (Phi) is 4.20. The number of carbonyl (C=O) groups is 2. The van der Waals surface area contributed by atoms with Crippen molar-refractivity contribution in [3.63, 3.8) is 0 Å². The van der Waals surface area contributed by atoms with Crippen molar-refractivity contribution in [3.05, 3.63) is 64.2 Å². The molecule has 26 heavy (non-hydrogen) atoms. The minimum atomic E-state index is -4.00. The number of nitro benzene ring substituents is 1. The predicted octanol–water partition coefficient (Wildman–Crippen LogP) is 1.48. The summed E-state index contributed by atoms with van der Waals surface area (Å²) in [6, 6.07) is 10.9. The molecule has 0 bridgehead atoms. The van der Waals surface area contributed by atoms with Crippen LogP contribution in [0.3, 0.4) is 0 Å². The molecule has 1 aliphatic rings. The summed E-state index contributed by atoms with van der Waals surface area (Å²) in [4.78, 5) is 35.1. The highest BCUT2D eigenvalue weighted by Gasteiger charge is 2.44. The molecule has 1 heterocycles. The van der Waals surface area contributed by atoms with Crippen molar-refractivity contribution in [2.24, 2.45) is 0 Å². The van der Waals surface area contributed by atoms with E-state index in [9.17, 15) is 28.1 Å². The van der Waals surface area contributed by atoms with E-state index in [0.717, 1.165) is 7.05 Å². The zero-order chi connectivity index (χ0) is 19.1. The highest BCUT2D eigenvalue weighted by atomic mass is 32.2. The van der Waals surface area contributed by atoms with Crippen LogP contribution in [-0.2, 0) is 19.6 Å². The van der Waals surface area contributed by atoms with E-state index in [1.807, 2.05) is 0 Å². The second kappa shape index (κ2) is 6.23. The van der Waals surface area contributed by atoms with Crippen molar-refractivity contribution < 1.29 is 22.9 Å². The van der Waals surface area contributed by atoms with E-state index in [4.69, 9.17) is 0 Å². The fourth-order valence-electron chi connectivity index (χ4n) is 2.67. The third kappa shape index (κ3) is 2.80. The molecule has 134 valence electrons. The Morgan fingerprint density at radius 2 is 1.77 bits per heavy atom. The Hall–Kier alpha value is -3.27. The monoisotopic (exact) mass is 375 g/mol. The number of sulfonamides is 1. The van der Waals surface area contributed by atoms with E-state index in [2.05, 4.69) is 5.32 Å². The molecular formula is C16H13N3O6S. The Morgan fingerprint density at radius 1 is 1.15 bits per heavy atom. The van der Waals surface area contributed by atoms with E-state index >= 15 is 0 Å². The summed E-state index contributed by atoms with van der Waals surface area (Å²) in [7, 11) is -2.90. The van der Waals surface area contributed by atoms with Gasteiger partial charge in [0.05, 0.1) is 9.82 Å². The first-order valence-corrected chi connectivity index (χ1v) is 8.84. The highest BCUT2D eigenvalue weighted by molar-refractivity contribution is 7.89. The second-order valence-electron chi connectivity index (χ2n) is 5.57. The molecule has 2 amide bonds. The van der Waals surface area contributed by atoms with Gasteiger partial charge in [-0.15, -0.1) is 0 Å². The number of nitrogens with zero attached hydrogens (tertiary/aromatic N) is 2. The van der Waals surface area contributed by atoms with Gasteiger partial charge in [-0.2, -0.15) is 0 Å². The molecule has 1 N–H and O–H groups in total. The lowest BCUT2D eigenvalue weighted by Gasteiger charge is -2.30. The summed E-state index contributed by atoms with van der Waals surface area (Å²) in [5, 5.41) is 13.2. The van der Waals surface area contributed by atoms with Crippen LogP contribution in [0.2, 0.25) is 0 Å². The van der Waals surface area contributed by atoms with Crippen LogP contribution in [0.4, 0.5) is 11.4 Å². The molecule has 1 aliphatic heterocycles. The van der Waals surface area contributed by atoms with Gasteiger partial charge in [-0.1, -0.05) is 18.2 Å². The zero-order valence-electron chi connectivity index (χ0n) is 13.4. The summed E-state index contributed by atoms with van der Waals surface area (Å²) in [6.07, 6.45) is 0. The maximum absolute atomic E-state index is 12.6. The van der Waals surface area contributed by atoms with Gasteiger partial charge in [0.15, 0.2) is 0 Å². The van der Waals surface area contributed by atoms with Crippen molar-refractivity contribution in [1.82, 2.24) is 4.31 Å². The molecular weight excluding hydrogens is 362 g/mol. The number of non-ortho nitro benzene ring substituents is 1. The van der Waals surface area contributed by atoms with Crippen molar-refractivity contribution in [2.45, 2.75) is 10.8 Å². The third-order valence-electron chi connectivity index (χ3n) is 4.03. The molecule has 3 rings (SSSR count). The molecule has 1 atom stereocenters. The molecule has 0 saturated heterocycles. The number of hydrogen-bond donors (Lipinski definition) is 1. The number of carbonyl (C=O) groups excluding carboxylic acids is 2. The Bertz CT molecular complexity index is 1020. The molecule has 0 aliphatic carbocycles. The highest BCUT2D eigenvalue weighted by Crippen LogP contribution is 2.34. The Labute approximate surface area is 148 Å². The minimum absolute atomic E-state index is 0.0926. The fourth-order valence-corrected chi connectivity index (χ4v) is 4.04. The van der Waals surface area contributed by atoms with E-state index < -0.39 is 32.7 Å². The second-order valence-corrected chi connectivity index (χ2v) is 7.51. The van der Waals surface area contributed by atoms with Gasteiger partial charge in [0.2, 0.25) is 5.91 Å². The summed E-state index contributed by atoms with van der Waals surface area (Å²) in [5.74, 6) is -2.93. The number of likely N-dealkylation sites (N-methyl/N-ethyl adjacent to an activating group) is 1. The van der Waals surface area contributed by atoms with Crippen LogP contribution in [0, 0.1) is 10.1 Å². The smallest absolute Gasteiger partial charge is 0.269 e. The van der Waals surface area contributed by atoms with Crippen LogP contribution in [0.5, 0.6) is 0 Å². The minimum Gasteiger partial charge on any atom is -0.325 e. The van der Waals surface area contributed by atoms with E-state index in [1.54, 1.807) is 6.07 Å².